The summed E-state index contributed by atoms with van der Waals surface area (Å²) in [5.41, 5.74) is 0.943. The molecule has 2 nitrogen and oxygen atoms in total. The van der Waals surface area contributed by atoms with E-state index >= 15 is 0 Å². The highest BCUT2D eigenvalue weighted by atomic mass is 32.2. The smallest absolute Gasteiger partial charge is 0.119 e. The Morgan fingerprint density at radius 1 is 1.20 bits per heavy atom. The van der Waals surface area contributed by atoms with Gasteiger partial charge < -0.3 is 9.84 Å². The van der Waals surface area contributed by atoms with Gasteiger partial charge in [0, 0.05) is 17.7 Å². The second-order valence-electron chi connectivity index (χ2n) is 3.93. The van der Waals surface area contributed by atoms with Crippen LogP contribution in [0.1, 0.15) is 12.0 Å². The SMILES string of the molecule is OCCC#Cc1ccc(OCCSc2cccs2)cc1. The number of aliphatic hydroxyl groups excluding tert-OH is 1. The molecule has 0 aliphatic rings. The number of rotatable bonds is 6. The first kappa shape index (κ1) is 15.0. The summed E-state index contributed by atoms with van der Waals surface area (Å²) in [5, 5.41) is 10.7. The van der Waals surface area contributed by atoms with Crippen LogP contribution in [0.2, 0.25) is 0 Å². The Balaban J connectivity index is 1.72. The van der Waals surface area contributed by atoms with Crippen LogP contribution in [0.25, 0.3) is 0 Å². The predicted molar refractivity (Wildman–Crippen MR) is 85.6 cm³/mol. The number of benzene rings is 1. The Hall–Kier alpha value is -1.41. The van der Waals surface area contributed by atoms with Crippen LogP contribution < -0.4 is 4.74 Å². The maximum Gasteiger partial charge on any atom is 0.119 e. The number of hydrogen-bond acceptors (Lipinski definition) is 4. The van der Waals surface area contributed by atoms with Crippen molar-refractivity contribution in [2.24, 2.45) is 0 Å². The summed E-state index contributed by atoms with van der Waals surface area (Å²) in [7, 11) is 0. The van der Waals surface area contributed by atoms with Gasteiger partial charge in [-0.3, -0.25) is 0 Å². The van der Waals surface area contributed by atoms with E-state index in [1.54, 1.807) is 11.3 Å². The van der Waals surface area contributed by atoms with Crippen molar-refractivity contribution in [1.29, 1.82) is 0 Å². The lowest BCUT2D eigenvalue weighted by atomic mass is 10.2. The Morgan fingerprint density at radius 2 is 2.05 bits per heavy atom. The van der Waals surface area contributed by atoms with E-state index in [9.17, 15) is 0 Å². The van der Waals surface area contributed by atoms with E-state index in [1.807, 2.05) is 36.0 Å². The molecular weight excluding hydrogens is 288 g/mol. The van der Waals surface area contributed by atoms with Gasteiger partial charge in [0.1, 0.15) is 5.75 Å². The summed E-state index contributed by atoms with van der Waals surface area (Å²) in [6, 6.07) is 11.9. The van der Waals surface area contributed by atoms with Crippen LogP contribution in [-0.4, -0.2) is 24.1 Å². The molecule has 0 unspecified atom stereocenters. The molecule has 1 heterocycles. The summed E-state index contributed by atoms with van der Waals surface area (Å²) < 4.78 is 7.00. The lowest BCUT2D eigenvalue weighted by Gasteiger charge is -2.05. The van der Waals surface area contributed by atoms with E-state index in [1.165, 1.54) is 4.21 Å². The molecule has 0 aliphatic heterocycles. The van der Waals surface area contributed by atoms with Crippen LogP contribution in [-0.2, 0) is 0 Å². The number of thioether (sulfide) groups is 1. The highest BCUT2D eigenvalue weighted by molar-refractivity contribution is 8.01. The standard InChI is InChI=1S/C16H16O2S2/c17-10-2-1-4-14-6-8-15(9-7-14)18-11-13-20-16-5-3-12-19-16/h3,5-9,12,17H,2,10-11,13H2. The van der Waals surface area contributed by atoms with E-state index < -0.39 is 0 Å². The minimum absolute atomic E-state index is 0.107. The lowest BCUT2D eigenvalue weighted by Crippen LogP contribution is -1.99. The van der Waals surface area contributed by atoms with Crippen LogP contribution in [0.4, 0.5) is 0 Å². The fourth-order valence-corrected chi connectivity index (χ4v) is 3.18. The van der Waals surface area contributed by atoms with Crippen molar-refractivity contribution in [1.82, 2.24) is 0 Å². The molecule has 0 atom stereocenters. The maximum absolute atomic E-state index is 8.65. The minimum atomic E-state index is 0.107. The molecule has 0 bridgehead atoms. The van der Waals surface area contributed by atoms with Crippen molar-refractivity contribution < 1.29 is 9.84 Å². The fourth-order valence-electron chi connectivity index (χ4n) is 1.50. The summed E-state index contributed by atoms with van der Waals surface area (Å²) in [4.78, 5) is 0. The normalized spacial score (nSPS) is 9.85. The maximum atomic E-state index is 8.65. The van der Waals surface area contributed by atoms with E-state index in [4.69, 9.17) is 9.84 Å². The van der Waals surface area contributed by atoms with Gasteiger partial charge in [0.05, 0.1) is 17.4 Å². The Kier molecular flexibility index (Phi) is 6.52. The van der Waals surface area contributed by atoms with Crippen molar-refractivity contribution in [3.8, 4) is 17.6 Å². The topological polar surface area (TPSA) is 29.5 Å². The van der Waals surface area contributed by atoms with Gasteiger partial charge in [-0.05, 0) is 35.7 Å². The number of hydrogen-bond donors (Lipinski definition) is 1. The van der Waals surface area contributed by atoms with Gasteiger partial charge in [-0.1, -0.05) is 17.9 Å². The van der Waals surface area contributed by atoms with Crippen LogP contribution in [0.5, 0.6) is 5.75 Å². The van der Waals surface area contributed by atoms with Gasteiger partial charge in [-0.15, -0.1) is 23.1 Å². The molecule has 20 heavy (non-hydrogen) atoms. The Bertz CT molecular complexity index is 550. The third-order valence-electron chi connectivity index (χ3n) is 2.42. The zero-order chi connectivity index (χ0) is 14.0. The fraction of sp³-hybridized carbons (Fsp3) is 0.250. The van der Waals surface area contributed by atoms with Gasteiger partial charge in [0.15, 0.2) is 0 Å². The van der Waals surface area contributed by atoms with Crippen LogP contribution >= 0.6 is 23.1 Å². The molecule has 1 aromatic heterocycles. The largest absolute Gasteiger partial charge is 0.493 e. The monoisotopic (exact) mass is 304 g/mol. The average Bonchev–Trinajstić information content (AvgIpc) is 2.99. The molecule has 0 fully saturated rings. The molecule has 0 radical (unpaired) electrons. The van der Waals surface area contributed by atoms with Crippen LogP contribution in [0.15, 0.2) is 46.0 Å². The molecule has 1 aromatic carbocycles. The molecule has 2 aromatic rings. The highest BCUT2D eigenvalue weighted by Gasteiger charge is 1.96. The van der Waals surface area contributed by atoms with E-state index in [0.29, 0.717) is 13.0 Å². The second-order valence-corrected chi connectivity index (χ2v) is 6.27. The average molecular weight is 304 g/mol. The van der Waals surface area contributed by atoms with Crippen molar-refractivity contribution in [3.63, 3.8) is 0 Å². The van der Waals surface area contributed by atoms with Crippen molar-refractivity contribution in [2.75, 3.05) is 19.0 Å². The summed E-state index contributed by atoms with van der Waals surface area (Å²) in [5.74, 6) is 7.69. The number of thiophene rings is 1. The summed E-state index contributed by atoms with van der Waals surface area (Å²) in [6.07, 6.45) is 0.512. The molecule has 0 saturated heterocycles. The number of ether oxygens (including phenoxy) is 1. The molecule has 4 heteroatoms. The zero-order valence-electron chi connectivity index (χ0n) is 11.0. The Labute approximate surface area is 127 Å². The van der Waals surface area contributed by atoms with Crippen molar-refractivity contribution in [2.45, 2.75) is 10.6 Å². The third kappa shape index (κ3) is 5.30. The molecule has 104 valence electrons. The zero-order valence-corrected chi connectivity index (χ0v) is 12.7. The third-order valence-corrected chi connectivity index (χ3v) is 4.51. The summed E-state index contributed by atoms with van der Waals surface area (Å²) in [6.45, 7) is 0.800. The van der Waals surface area contributed by atoms with Gasteiger partial charge in [-0.2, -0.15) is 0 Å². The van der Waals surface area contributed by atoms with Gasteiger partial charge in [0.25, 0.3) is 0 Å². The van der Waals surface area contributed by atoms with E-state index in [0.717, 1.165) is 17.1 Å². The quantitative estimate of drug-likeness (QED) is 0.502. The minimum Gasteiger partial charge on any atom is -0.493 e. The van der Waals surface area contributed by atoms with E-state index in [2.05, 4.69) is 29.4 Å². The number of aliphatic hydroxyl groups is 1. The van der Waals surface area contributed by atoms with E-state index in [-0.39, 0.29) is 6.61 Å². The van der Waals surface area contributed by atoms with Gasteiger partial charge in [-0.25, -0.2) is 0 Å². The molecule has 0 aliphatic carbocycles. The Morgan fingerprint density at radius 3 is 2.75 bits per heavy atom. The molecular formula is C16H16O2S2. The molecule has 0 saturated carbocycles. The van der Waals surface area contributed by atoms with Crippen molar-refractivity contribution in [3.05, 3.63) is 47.3 Å². The molecule has 0 amide bonds. The summed E-state index contributed by atoms with van der Waals surface area (Å²) >= 11 is 3.57. The molecule has 2 rings (SSSR count). The molecule has 1 N–H and O–H groups in total. The van der Waals surface area contributed by atoms with Crippen LogP contribution in [0, 0.1) is 11.8 Å². The first-order valence-electron chi connectivity index (χ1n) is 6.37. The van der Waals surface area contributed by atoms with Crippen molar-refractivity contribution >= 4 is 23.1 Å². The van der Waals surface area contributed by atoms with Gasteiger partial charge >= 0.3 is 0 Å². The first-order valence-corrected chi connectivity index (χ1v) is 8.24. The first-order chi connectivity index (χ1) is 9.88. The van der Waals surface area contributed by atoms with Gasteiger partial charge in [0.2, 0.25) is 0 Å². The van der Waals surface area contributed by atoms with Crippen LogP contribution in [0.3, 0.4) is 0 Å². The second kappa shape index (κ2) is 8.70. The lowest BCUT2D eigenvalue weighted by molar-refractivity contribution is 0.305. The highest BCUT2D eigenvalue weighted by Crippen LogP contribution is 2.23. The molecule has 0 spiro atoms. The predicted octanol–water partition coefficient (Wildman–Crippen LogP) is 3.65.